The summed E-state index contributed by atoms with van der Waals surface area (Å²) in [7, 11) is -3.90. The minimum absolute atomic E-state index is 0.0609. The second kappa shape index (κ2) is 9.36. The zero-order chi connectivity index (χ0) is 24.4. The Hall–Kier alpha value is -3.17. The highest BCUT2D eigenvalue weighted by Crippen LogP contribution is 2.31. The molecule has 0 saturated carbocycles. The van der Waals surface area contributed by atoms with E-state index in [-0.39, 0.29) is 17.0 Å². The summed E-state index contributed by atoms with van der Waals surface area (Å²) in [5.41, 5.74) is 2.51. The Morgan fingerprint density at radius 3 is 2.00 bits per heavy atom. The molecular weight excluding hydrogens is 455 g/mol. The van der Waals surface area contributed by atoms with Crippen LogP contribution in [-0.2, 0) is 22.6 Å². The molecule has 5 nitrogen and oxygen atoms in total. The van der Waals surface area contributed by atoms with Crippen LogP contribution in [0, 0.1) is 13.8 Å². The molecule has 0 heterocycles. The Morgan fingerprint density at radius 1 is 0.939 bits per heavy atom. The molecular formula is C24H22F3NO4S. The van der Waals surface area contributed by atoms with E-state index in [9.17, 15) is 31.5 Å². The molecule has 3 aromatic rings. The quantitative estimate of drug-likeness (QED) is 0.490. The smallest absolute Gasteiger partial charge is 0.416 e. The van der Waals surface area contributed by atoms with Crippen LogP contribution < -0.4 is 4.72 Å². The summed E-state index contributed by atoms with van der Waals surface area (Å²) in [6.07, 6.45) is -4.01. The Bertz CT molecular complexity index is 1270. The van der Waals surface area contributed by atoms with Crippen molar-refractivity contribution in [3.05, 3.63) is 88.5 Å². The number of benzene rings is 3. The number of aromatic carboxylic acids is 1. The summed E-state index contributed by atoms with van der Waals surface area (Å²) in [4.78, 5) is 11.3. The Morgan fingerprint density at radius 2 is 1.48 bits per heavy atom. The number of rotatable bonds is 7. The number of alkyl halides is 3. The van der Waals surface area contributed by atoms with Crippen LogP contribution in [0.15, 0.2) is 65.6 Å². The van der Waals surface area contributed by atoms with Crippen LogP contribution in [0.4, 0.5) is 13.2 Å². The molecule has 0 aliphatic heterocycles. The molecule has 3 aromatic carbocycles. The fraction of sp³-hybridized carbons (Fsp3) is 0.208. The van der Waals surface area contributed by atoms with Crippen molar-refractivity contribution in [3.8, 4) is 11.1 Å². The van der Waals surface area contributed by atoms with Crippen molar-refractivity contribution >= 4 is 16.0 Å². The molecule has 0 unspecified atom stereocenters. The Balaban J connectivity index is 1.66. The molecule has 0 spiro atoms. The monoisotopic (exact) mass is 477 g/mol. The van der Waals surface area contributed by atoms with Gasteiger partial charge in [-0.05, 0) is 72.4 Å². The van der Waals surface area contributed by atoms with Gasteiger partial charge in [-0.1, -0.05) is 36.4 Å². The molecule has 0 atom stereocenters. The van der Waals surface area contributed by atoms with Gasteiger partial charge in [0.1, 0.15) is 0 Å². The van der Waals surface area contributed by atoms with Gasteiger partial charge < -0.3 is 5.11 Å². The molecule has 9 heteroatoms. The summed E-state index contributed by atoms with van der Waals surface area (Å²) in [5, 5.41) is 9.29. The molecule has 174 valence electrons. The summed E-state index contributed by atoms with van der Waals surface area (Å²) in [6.45, 7) is 3.37. The molecule has 0 fully saturated rings. The molecule has 0 saturated heterocycles. The topological polar surface area (TPSA) is 83.5 Å². The summed E-state index contributed by atoms with van der Waals surface area (Å²) in [5.74, 6) is -1.19. The third-order valence-electron chi connectivity index (χ3n) is 5.39. The van der Waals surface area contributed by atoms with Gasteiger partial charge in [0.05, 0.1) is 16.0 Å². The zero-order valence-corrected chi connectivity index (χ0v) is 18.7. The number of aryl methyl sites for hydroxylation is 1. The van der Waals surface area contributed by atoms with Gasteiger partial charge in [-0.2, -0.15) is 13.2 Å². The second-order valence-electron chi connectivity index (χ2n) is 7.64. The average Bonchev–Trinajstić information content (AvgIpc) is 2.75. The highest BCUT2D eigenvalue weighted by molar-refractivity contribution is 7.89. The van der Waals surface area contributed by atoms with E-state index in [2.05, 4.69) is 4.72 Å². The van der Waals surface area contributed by atoms with E-state index in [4.69, 9.17) is 0 Å². The maximum Gasteiger partial charge on any atom is 0.416 e. The van der Waals surface area contributed by atoms with Crippen LogP contribution in [0.25, 0.3) is 11.1 Å². The molecule has 2 N–H and O–H groups in total. The van der Waals surface area contributed by atoms with Gasteiger partial charge in [-0.3, -0.25) is 0 Å². The number of carboxylic acid groups (broad SMARTS) is 1. The van der Waals surface area contributed by atoms with Gasteiger partial charge in [0, 0.05) is 6.54 Å². The molecule has 0 bridgehead atoms. The molecule has 3 rings (SSSR count). The van der Waals surface area contributed by atoms with Gasteiger partial charge in [-0.15, -0.1) is 0 Å². The predicted octanol–water partition coefficient (Wildman–Crippen LogP) is 5.21. The van der Waals surface area contributed by atoms with Crippen molar-refractivity contribution in [2.75, 3.05) is 6.54 Å². The van der Waals surface area contributed by atoms with Crippen LogP contribution in [0.5, 0.6) is 0 Å². The standard InChI is InChI=1S/C24H22F3NO4S/c1-15-13-21(14-22(16(15)2)23(29)30)33(31,32)28-12-11-17-3-5-18(6-4-17)19-7-9-20(10-8-19)24(25,26)27/h3-10,13-14,28H,11-12H2,1-2H3,(H,29,30). The fourth-order valence-electron chi connectivity index (χ4n) is 3.33. The maximum atomic E-state index is 12.7. The molecule has 0 radical (unpaired) electrons. The first kappa shape index (κ1) is 24.5. The first-order chi connectivity index (χ1) is 15.4. The largest absolute Gasteiger partial charge is 0.478 e. The number of carboxylic acids is 1. The Kier molecular flexibility index (Phi) is 6.94. The minimum Gasteiger partial charge on any atom is -0.478 e. The second-order valence-corrected chi connectivity index (χ2v) is 9.40. The van der Waals surface area contributed by atoms with E-state index in [0.717, 1.165) is 29.3 Å². The van der Waals surface area contributed by atoms with Crippen molar-refractivity contribution in [1.82, 2.24) is 4.72 Å². The number of nitrogens with one attached hydrogen (secondary N) is 1. The average molecular weight is 478 g/mol. The molecule has 0 aromatic heterocycles. The van der Waals surface area contributed by atoms with E-state index in [1.165, 1.54) is 18.2 Å². The summed E-state index contributed by atoms with van der Waals surface area (Å²) in [6, 6.07) is 14.5. The number of hydrogen-bond donors (Lipinski definition) is 2. The lowest BCUT2D eigenvalue weighted by Crippen LogP contribution is -2.26. The highest BCUT2D eigenvalue weighted by Gasteiger charge is 2.30. The lowest BCUT2D eigenvalue weighted by atomic mass is 10.0. The number of halogens is 3. The molecule has 0 aliphatic carbocycles. The lowest BCUT2D eigenvalue weighted by molar-refractivity contribution is -0.137. The van der Waals surface area contributed by atoms with Gasteiger partial charge in [-0.25, -0.2) is 17.9 Å². The van der Waals surface area contributed by atoms with Gasteiger partial charge in [0.2, 0.25) is 10.0 Å². The first-order valence-electron chi connectivity index (χ1n) is 9.99. The zero-order valence-electron chi connectivity index (χ0n) is 17.9. The van der Waals surface area contributed by atoms with Crippen molar-refractivity contribution in [1.29, 1.82) is 0 Å². The molecule has 0 amide bonds. The van der Waals surface area contributed by atoms with Crippen LogP contribution in [0.2, 0.25) is 0 Å². The Labute approximate surface area is 189 Å². The van der Waals surface area contributed by atoms with Crippen LogP contribution in [0.3, 0.4) is 0 Å². The van der Waals surface area contributed by atoms with E-state index >= 15 is 0 Å². The third kappa shape index (κ3) is 5.80. The van der Waals surface area contributed by atoms with E-state index in [1.807, 2.05) is 0 Å². The van der Waals surface area contributed by atoms with E-state index in [1.54, 1.807) is 38.1 Å². The van der Waals surface area contributed by atoms with Gasteiger partial charge >= 0.3 is 12.1 Å². The minimum atomic E-state index is -4.39. The van der Waals surface area contributed by atoms with Crippen molar-refractivity contribution in [2.45, 2.75) is 31.3 Å². The van der Waals surface area contributed by atoms with Crippen LogP contribution >= 0.6 is 0 Å². The summed E-state index contributed by atoms with van der Waals surface area (Å²) >= 11 is 0. The third-order valence-corrected chi connectivity index (χ3v) is 6.83. The number of carbonyl (C=O) groups is 1. The van der Waals surface area contributed by atoms with Gasteiger partial charge in [0.15, 0.2) is 0 Å². The van der Waals surface area contributed by atoms with Gasteiger partial charge in [0.25, 0.3) is 0 Å². The van der Waals surface area contributed by atoms with Crippen molar-refractivity contribution in [3.63, 3.8) is 0 Å². The van der Waals surface area contributed by atoms with Crippen LogP contribution in [0.1, 0.15) is 32.6 Å². The lowest BCUT2D eigenvalue weighted by Gasteiger charge is -2.11. The first-order valence-corrected chi connectivity index (χ1v) is 11.5. The maximum absolute atomic E-state index is 12.7. The normalized spacial score (nSPS) is 12.0. The SMILES string of the molecule is Cc1cc(S(=O)(=O)NCCc2ccc(-c3ccc(C(F)(F)F)cc3)cc2)cc(C(=O)O)c1C. The summed E-state index contributed by atoms with van der Waals surface area (Å²) < 4.78 is 65.8. The van der Waals surface area contributed by atoms with E-state index in [0.29, 0.717) is 23.1 Å². The fourth-order valence-corrected chi connectivity index (χ4v) is 4.47. The molecule has 33 heavy (non-hydrogen) atoms. The number of sulfonamides is 1. The predicted molar refractivity (Wildman–Crippen MR) is 119 cm³/mol. The number of hydrogen-bond acceptors (Lipinski definition) is 3. The van der Waals surface area contributed by atoms with Crippen molar-refractivity contribution in [2.24, 2.45) is 0 Å². The molecule has 0 aliphatic rings. The van der Waals surface area contributed by atoms with E-state index < -0.39 is 27.7 Å². The van der Waals surface area contributed by atoms with Crippen LogP contribution in [-0.4, -0.2) is 26.0 Å². The highest BCUT2D eigenvalue weighted by atomic mass is 32.2. The van der Waals surface area contributed by atoms with Crippen molar-refractivity contribution < 1.29 is 31.5 Å².